The Morgan fingerprint density at radius 1 is 0.333 bits per heavy atom. The van der Waals surface area contributed by atoms with E-state index in [1.807, 2.05) is 11.3 Å². The third kappa shape index (κ3) is 5.63. The Morgan fingerprint density at radius 3 is 1.67 bits per heavy atom. The van der Waals surface area contributed by atoms with Crippen LogP contribution in [0.4, 0.5) is 0 Å². The van der Waals surface area contributed by atoms with Crippen molar-refractivity contribution in [1.29, 1.82) is 0 Å². The van der Waals surface area contributed by atoms with Crippen molar-refractivity contribution in [1.82, 2.24) is 19.5 Å². The van der Waals surface area contributed by atoms with Gasteiger partial charge in [0.15, 0.2) is 17.5 Å². The summed E-state index contributed by atoms with van der Waals surface area (Å²) < 4.78 is 4.97. The van der Waals surface area contributed by atoms with E-state index in [1.165, 1.54) is 36.5 Å². The highest BCUT2D eigenvalue weighted by atomic mass is 32.1. The Kier molecular flexibility index (Phi) is 8.00. The lowest BCUT2D eigenvalue weighted by atomic mass is 10.0. The molecule has 0 aliphatic carbocycles. The molecule has 0 atom stereocenters. The molecule has 3 aromatic heterocycles. The van der Waals surface area contributed by atoms with E-state index in [-0.39, 0.29) is 0 Å². The highest BCUT2D eigenvalue weighted by Crippen LogP contribution is 2.41. The molecule has 4 nitrogen and oxygen atoms in total. The molecule has 9 aromatic carbocycles. The number of hydrogen-bond donors (Lipinski definition) is 0. The number of benzene rings is 9. The Hall–Kier alpha value is -7.73. The summed E-state index contributed by atoms with van der Waals surface area (Å²) in [6.07, 6.45) is 0. The zero-order chi connectivity index (χ0) is 39.6. The molecular weight excluding hydrogens is 749 g/mol. The summed E-state index contributed by atoms with van der Waals surface area (Å²) in [5.41, 5.74) is 10.7. The molecule has 0 radical (unpaired) electrons. The zero-order valence-electron chi connectivity index (χ0n) is 32.3. The van der Waals surface area contributed by atoms with E-state index in [4.69, 9.17) is 15.0 Å². The van der Waals surface area contributed by atoms with Gasteiger partial charge in [0.1, 0.15) is 0 Å². The maximum absolute atomic E-state index is 5.37. The first kappa shape index (κ1) is 34.3. The van der Waals surface area contributed by atoms with E-state index < -0.39 is 0 Å². The van der Waals surface area contributed by atoms with Gasteiger partial charge in [0.2, 0.25) is 0 Å². The van der Waals surface area contributed by atoms with Crippen molar-refractivity contribution in [2.45, 2.75) is 0 Å². The minimum atomic E-state index is 0.610. The first-order chi connectivity index (χ1) is 29.7. The van der Waals surface area contributed by atoms with Crippen LogP contribution >= 0.6 is 11.3 Å². The Bertz CT molecular complexity index is 3540. The average Bonchev–Trinajstić information content (AvgIpc) is 3.87. The molecule has 0 spiro atoms. The van der Waals surface area contributed by atoms with Gasteiger partial charge >= 0.3 is 0 Å². The van der Waals surface area contributed by atoms with Crippen molar-refractivity contribution < 1.29 is 0 Å². The zero-order valence-corrected chi connectivity index (χ0v) is 33.1. The molecule has 3 heterocycles. The van der Waals surface area contributed by atoms with E-state index >= 15 is 0 Å². The van der Waals surface area contributed by atoms with Gasteiger partial charge in [0.25, 0.3) is 0 Å². The topological polar surface area (TPSA) is 43.6 Å². The summed E-state index contributed by atoms with van der Waals surface area (Å²) in [6, 6.07) is 73.3. The van der Waals surface area contributed by atoms with Gasteiger partial charge in [-0.05, 0) is 63.4 Å². The smallest absolute Gasteiger partial charge is 0.166 e. The van der Waals surface area contributed by atoms with E-state index in [9.17, 15) is 0 Å². The molecule has 0 bridgehead atoms. The Balaban J connectivity index is 1.09. The lowest BCUT2D eigenvalue weighted by molar-refractivity contribution is 1.07. The first-order valence-electron chi connectivity index (χ1n) is 20.2. The molecule has 0 saturated carbocycles. The number of fused-ring (bicyclic) bond motifs is 7. The molecule has 0 N–H and O–H groups in total. The van der Waals surface area contributed by atoms with Crippen molar-refractivity contribution in [2.24, 2.45) is 0 Å². The first-order valence-corrected chi connectivity index (χ1v) is 21.0. The fourth-order valence-electron chi connectivity index (χ4n) is 8.84. The van der Waals surface area contributed by atoms with Crippen molar-refractivity contribution in [2.75, 3.05) is 0 Å². The molecule has 0 saturated heterocycles. The van der Waals surface area contributed by atoms with E-state index in [0.717, 1.165) is 60.9 Å². The maximum Gasteiger partial charge on any atom is 0.166 e. The van der Waals surface area contributed by atoms with E-state index in [2.05, 4.69) is 211 Å². The Morgan fingerprint density at radius 2 is 0.883 bits per heavy atom. The van der Waals surface area contributed by atoms with Crippen molar-refractivity contribution >= 4 is 64.1 Å². The highest BCUT2D eigenvalue weighted by molar-refractivity contribution is 7.26. The van der Waals surface area contributed by atoms with Crippen molar-refractivity contribution in [3.8, 4) is 62.1 Å². The minimum Gasteiger partial charge on any atom is -0.308 e. The standard InChI is InChI=1S/C55H34N4S/c1-2-14-35(15-3-1)39-32-33-47(50(34-39)59-48-25-9-6-19-42(48)43-20-7-10-26-49(43)59)55-57-53(56-54(58-55)46-24-12-17-36-16-4-5-18-40(36)46)38-30-28-37(29-31-38)41-22-13-23-45-44-21-8-11-27-51(44)60-52(41)45/h1-34H. The summed E-state index contributed by atoms with van der Waals surface area (Å²) in [5, 5.41) is 7.21. The normalized spacial score (nSPS) is 11.7. The van der Waals surface area contributed by atoms with E-state index in [0.29, 0.717) is 17.5 Å². The summed E-state index contributed by atoms with van der Waals surface area (Å²) in [6.45, 7) is 0. The third-order valence-electron chi connectivity index (χ3n) is 11.7. The van der Waals surface area contributed by atoms with Crippen LogP contribution in [0.2, 0.25) is 0 Å². The van der Waals surface area contributed by atoms with Crippen LogP contribution in [0.15, 0.2) is 206 Å². The van der Waals surface area contributed by atoms with Crippen LogP contribution in [-0.2, 0) is 0 Å². The lowest BCUT2D eigenvalue weighted by Crippen LogP contribution is -2.04. The van der Waals surface area contributed by atoms with Crippen LogP contribution < -0.4 is 0 Å². The minimum absolute atomic E-state index is 0.610. The van der Waals surface area contributed by atoms with Crippen LogP contribution in [0.3, 0.4) is 0 Å². The number of rotatable bonds is 6. The largest absolute Gasteiger partial charge is 0.308 e. The fourth-order valence-corrected chi connectivity index (χ4v) is 10.1. The Labute approximate surface area is 350 Å². The van der Waals surface area contributed by atoms with Gasteiger partial charge in [-0.25, -0.2) is 15.0 Å². The van der Waals surface area contributed by atoms with Crippen molar-refractivity contribution in [3.05, 3.63) is 206 Å². The molecule has 280 valence electrons. The van der Waals surface area contributed by atoms with Crippen LogP contribution in [0.1, 0.15) is 0 Å². The van der Waals surface area contributed by atoms with Gasteiger partial charge in [0, 0.05) is 47.6 Å². The molecular formula is C55H34N4S. The summed E-state index contributed by atoms with van der Waals surface area (Å²) in [7, 11) is 0. The van der Waals surface area contributed by atoms with E-state index in [1.54, 1.807) is 0 Å². The number of nitrogens with zero attached hydrogens (tertiary/aromatic N) is 4. The lowest BCUT2D eigenvalue weighted by Gasteiger charge is -2.17. The molecule has 60 heavy (non-hydrogen) atoms. The van der Waals surface area contributed by atoms with Gasteiger partial charge in [-0.1, -0.05) is 176 Å². The monoisotopic (exact) mass is 782 g/mol. The second-order valence-electron chi connectivity index (χ2n) is 15.2. The quantitative estimate of drug-likeness (QED) is 0.169. The third-order valence-corrected chi connectivity index (χ3v) is 12.9. The van der Waals surface area contributed by atoms with Gasteiger partial charge in [-0.15, -0.1) is 11.3 Å². The second kappa shape index (κ2) is 14.0. The van der Waals surface area contributed by atoms with Crippen LogP contribution in [-0.4, -0.2) is 19.5 Å². The highest BCUT2D eigenvalue weighted by Gasteiger charge is 2.21. The predicted molar refractivity (Wildman–Crippen MR) is 252 cm³/mol. The molecule has 0 unspecified atom stereocenters. The number of aromatic nitrogens is 4. The number of hydrogen-bond acceptors (Lipinski definition) is 4. The van der Waals surface area contributed by atoms with Gasteiger partial charge < -0.3 is 4.57 Å². The maximum atomic E-state index is 5.37. The summed E-state index contributed by atoms with van der Waals surface area (Å²) in [5.74, 6) is 1.86. The molecule has 0 aliphatic rings. The molecule has 12 rings (SSSR count). The second-order valence-corrected chi connectivity index (χ2v) is 16.2. The van der Waals surface area contributed by atoms with Crippen LogP contribution in [0, 0.1) is 0 Å². The van der Waals surface area contributed by atoms with Gasteiger partial charge in [-0.2, -0.15) is 0 Å². The molecule has 5 heteroatoms. The van der Waals surface area contributed by atoms with Crippen LogP contribution in [0.25, 0.3) is 115 Å². The summed E-state index contributed by atoms with van der Waals surface area (Å²) in [4.78, 5) is 16.0. The fraction of sp³-hybridized carbons (Fsp3) is 0. The molecule has 0 fully saturated rings. The molecule has 12 aromatic rings. The van der Waals surface area contributed by atoms with Crippen LogP contribution in [0.5, 0.6) is 0 Å². The SMILES string of the molecule is c1ccc(-c2ccc(-c3nc(-c4ccc(-c5cccc6c5sc5ccccc56)cc4)nc(-c4cccc5ccccc45)n3)c(-n3c4ccccc4c4ccccc43)c2)cc1. The average molecular weight is 783 g/mol. The van der Waals surface area contributed by atoms with Gasteiger partial charge in [0.05, 0.1) is 16.7 Å². The predicted octanol–water partition coefficient (Wildman–Crippen LogP) is 14.8. The number of para-hydroxylation sites is 2. The number of thiophene rings is 1. The van der Waals surface area contributed by atoms with Crippen molar-refractivity contribution in [3.63, 3.8) is 0 Å². The molecule has 0 aliphatic heterocycles. The summed E-state index contributed by atoms with van der Waals surface area (Å²) >= 11 is 1.85. The van der Waals surface area contributed by atoms with Gasteiger partial charge in [-0.3, -0.25) is 0 Å². The molecule has 0 amide bonds.